The van der Waals surface area contributed by atoms with E-state index in [0.29, 0.717) is 29.9 Å². The number of benzene rings is 2. The number of nitro groups is 1. The summed E-state index contributed by atoms with van der Waals surface area (Å²) >= 11 is 0. The molecule has 10 nitrogen and oxygen atoms in total. The monoisotopic (exact) mass is 449 g/mol. The average molecular weight is 450 g/mol. The van der Waals surface area contributed by atoms with Crippen LogP contribution in [-0.4, -0.2) is 44.1 Å². The molecule has 33 heavy (non-hydrogen) atoms. The molecule has 1 aromatic heterocycles. The Bertz CT molecular complexity index is 1120. The van der Waals surface area contributed by atoms with Crippen LogP contribution in [0.1, 0.15) is 47.4 Å². The van der Waals surface area contributed by atoms with E-state index in [-0.39, 0.29) is 17.2 Å². The molecule has 1 amide bonds. The molecule has 10 heteroatoms. The Morgan fingerprint density at radius 1 is 1.06 bits per heavy atom. The van der Waals surface area contributed by atoms with E-state index in [4.69, 9.17) is 0 Å². The van der Waals surface area contributed by atoms with Crippen LogP contribution in [0.2, 0.25) is 0 Å². The van der Waals surface area contributed by atoms with Crippen molar-refractivity contribution in [1.29, 1.82) is 0 Å². The van der Waals surface area contributed by atoms with Crippen molar-refractivity contribution in [3.8, 4) is 0 Å². The number of hydrogen-bond donors (Lipinski definition) is 1. The molecule has 2 heterocycles. The summed E-state index contributed by atoms with van der Waals surface area (Å²) < 4.78 is 1.57. The van der Waals surface area contributed by atoms with E-state index in [1.54, 1.807) is 17.8 Å². The Morgan fingerprint density at radius 2 is 1.79 bits per heavy atom. The number of tetrazole rings is 1. The van der Waals surface area contributed by atoms with E-state index in [0.717, 1.165) is 18.8 Å². The van der Waals surface area contributed by atoms with Crippen molar-refractivity contribution in [2.45, 2.75) is 38.5 Å². The number of rotatable bonds is 7. The van der Waals surface area contributed by atoms with Crippen molar-refractivity contribution >= 4 is 23.0 Å². The molecule has 0 spiro atoms. The largest absolute Gasteiger partial charge is 0.372 e. The van der Waals surface area contributed by atoms with E-state index >= 15 is 0 Å². The third kappa shape index (κ3) is 5.51. The molecule has 3 aromatic rings. The van der Waals surface area contributed by atoms with Crippen molar-refractivity contribution in [3.05, 3.63) is 69.5 Å². The van der Waals surface area contributed by atoms with Gasteiger partial charge in [0, 0.05) is 55.6 Å². The highest BCUT2D eigenvalue weighted by molar-refractivity contribution is 6.05. The van der Waals surface area contributed by atoms with Gasteiger partial charge in [-0.25, -0.2) is 4.68 Å². The molecule has 0 saturated carbocycles. The molecule has 1 aliphatic rings. The van der Waals surface area contributed by atoms with Crippen LogP contribution in [0, 0.1) is 10.1 Å². The fourth-order valence-corrected chi connectivity index (χ4v) is 4.10. The van der Waals surface area contributed by atoms with Gasteiger partial charge in [-0.3, -0.25) is 14.9 Å². The molecule has 172 valence electrons. The van der Waals surface area contributed by atoms with Crippen molar-refractivity contribution in [3.63, 3.8) is 0 Å². The lowest BCUT2D eigenvalue weighted by Gasteiger charge is -2.22. The molecule has 1 aliphatic heterocycles. The standard InChI is InChI=1S/C23H27N7O3/c1-28-22(25-26-27-28)13-7-17-6-10-20(30(32)33)16-21(17)23(31)24-18-8-11-19(12-9-18)29-14-4-2-3-5-15-29/h6,8-12,16H,2-5,7,13-15H2,1H3,(H,24,31). The van der Waals surface area contributed by atoms with Gasteiger partial charge >= 0.3 is 0 Å². The number of non-ortho nitro benzene ring substituents is 1. The van der Waals surface area contributed by atoms with E-state index in [2.05, 4.69) is 25.7 Å². The van der Waals surface area contributed by atoms with Crippen molar-refractivity contribution in [2.24, 2.45) is 7.05 Å². The van der Waals surface area contributed by atoms with Crippen molar-refractivity contribution in [1.82, 2.24) is 20.2 Å². The molecule has 4 rings (SSSR count). The molecule has 1 fully saturated rings. The van der Waals surface area contributed by atoms with Crippen LogP contribution in [0.5, 0.6) is 0 Å². The summed E-state index contributed by atoms with van der Waals surface area (Å²) in [7, 11) is 1.74. The topological polar surface area (TPSA) is 119 Å². The van der Waals surface area contributed by atoms with E-state index < -0.39 is 4.92 Å². The first-order chi connectivity index (χ1) is 16.0. The minimum Gasteiger partial charge on any atom is -0.372 e. The number of anilines is 2. The maximum atomic E-state index is 13.1. The summed E-state index contributed by atoms with van der Waals surface area (Å²) in [5.41, 5.74) is 2.63. The van der Waals surface area contributed by atoms with Gasteiger partial charge in [-0.15, -0.1) is 5.10 Å². The normalized spacial score (nSPS) is 14.0. The summed E-state index contributed by atoms with van der Waals surface area (Å²) in [4.78, 5) is 26.2. The summed E-state index contributed by atoms with van der Waals surface area (Å²) in [6.45, 7) is 2.09. The van der Waals surface area contributed by atoms with E-state index in [1.165, 1.54) is 37.8 Å². The van der Waals surface area contributed by atoms with Gasteiger partial charge in [0.15, 0.2) is 5.82 Å². The third-order valence-electron chi connectivity index (χ3n) is 5.97. The molecule has 0 unspecified atom stereocenters. The molecule has 0 radical (unpaired) electrons. The Labute approximate surface area is 191 Å². The summed E-state index contributed by atoms with van der Waals surface area (Å²) in [6, 6.07) is 12.1. The average Bonchev–Trinajstić information content (AvgIpc) is 3.05. The lowest BCUT2D eigenvalue weighted by molar-refractivity contribution is -0.384. The number of carbonyl (C=O) groups is 1. The van der Waals surface area contributed by atoms with Gasteiger partial charge in [-0.1, -0.05) is 18.9 Å². The molecule has 1 N–H and O–H groups in total. The SMILES string of the molecule is Cn1nnnc1CCc1ccc([N+](=O)[O-])cc1C(=O)Nc1ccc(N2CCCCCC2)cc1. The van der Waals surface area contributed by atoms with Gasteiger partial charge in [-0.05, 0) is 59.5 Å². The van der Waals surface area contributed by atoms with Gasteiger partial charge in [-0.2, -0.15) is 0 Å². The number of nitrogens with one attached hydrogen (secondary N) is 1. The lowest BCUT2D eigenvalue weighted by Crippen LogP contribution is -2.23. The number of amides is 1. The van der Waals surface area contributed by atoms with Crippen molar-refractivity contribution < 1.29 is 9.72 Å². The molecule has 2 aromatic carbocycles. The Balaban J connectivity index is 1.50. The minimum absolute atomic E-state index is 0.124. The third-order valence-corrected chi connectivity index (χ3v) is 5.97. The van der Waals surface area contributed by atoms with Crippen LogP contribution in [-0.2, 0) is 19.9 Å². The number of aryl methyl sites for hydroxylation is 3. The van der Waals surface area contributed by atoms with Crippen LogP contribution < -0.4 is 10.2 Å². The second-order valence-electron chi connectivity index (χ2n) is 8.22. The highest BCUT2D eigenvalue weighted by Gasteiger charge is 2.18. The second kappa shape index (κ2) is 10.2. The fourth-order valence-electron chi connectivity index (χ4n) is 4.10. The summed E-state index contributed by atoms with van der Waals surface area (Å²) in [5.74, 6) is 0.288. The number of nitrogens with zero attached hydrogens (tertiary/aromatic N) is 6. The first-order valence-electron chi connectivity index (χ1n) is 11.2. The molecular formula is C23H27N7O3. The molecule has 0 bridgehead atoms. The van der Waals surface area contributed by atoms with Crippen LogP contribution in [0.3, 0.4) is 0 Å². The predicted molar refractivity (Wildman–Crippen MR) is 124 cm³/mol. The molecular weight excluding hydrogens is 422 g/mol. The van der Waals surface area contributed by atoms with Gasteiger partial charge in [0.25, 0.3) is 11.6 Å². The zero-order valence-corrected chi connectivity index (χ0v) is 18.6. The zero-order valence-electron chi connectivity index (χ0n) is 18.6. The Kier molecular flexibility index (Phi) is 6.92. The maximum absolute atomic E-state index is 13.1. The van der Waals surface area contributed by atoms with Gasteiger partial charge < -0.3 is 10.2 Å². The predicted octanol–water partition coefficient (Wildman–Crippen LogP) is 3.54. The van der Waals surface area contributed by atoms with Gasteiger partial charge in [0.05, 0.1) is 4.92 Å². The highest BCUT2D eigenvalue weighted by Crippen LogP contribution is 2.24. The van der Waals surface area contributed by atoms with Crippen LogP contribution in [0.4, 0.5) is 17.1 Å². The Hall–Kier alpha value is -3.82. The molecule has 0 atom stereocenters. The maximum Gasteiger partial charge on any atom is 0.270 e. The quantitative estimate of drug-likeness (QED) is 0.433. The van der Waals surface area contributed by atoms with Crippen LogP contribution >= 0.6 is 0 Å². The number of nitro benzene ring substituents is 1. The smallest absolute Gasteiger partial charge is 0.270 e. The van der Waals surface area contributed by atoms with Crippen molar-refractivity contribution in [2.75, 3.05) is 23.3 Å². The first-order valence-corrected chi connectivity index (χ1v) is 11.2. The van der Waals surface area contributed by atoms with E-state index in [9.17, 15) is 14.9 Å². The van der Waals surface area contributed by atoms with E-state index in [1.807, 2.05) is 24.3 Å². The van der Waals surface area contributed by atoms with Gasteiger partial charge in [0.2, 0.25) is 0 Å². The van der Waals surface area contributed by atoms with Crippen LogP contribution in [0.25, 0.3) is 0 Å². The lowest BCUT2D eigenvalue weighted by atomic mass is 10.0. The summed E-state index contributed by atoms with van der Waals surface area (Å²) in [6.07, 6.45) is 5.90. The second-order valence-corrected chi connectivity index (χ2v) is 8.22. The molecule has 1 saturated heterocycles. The highest BCUT2D eigenvalue weighted by atomic mass is 16.6. The first kappa shape index (κ1) is 22.4. The molecule has 0 aliphatic carbocycles. The summed E-state index contributed by atoms with van der Waals surface area (Å²) in [5, 5.41) is 25.6. The number of hydrogen-bond acceptors (Lipinski definition) is 7. The van der Waals surface area contributed by atoms with Crippen LogP contribution in [0.15, 0.2) is 42.5 Å². The zero-order chi connectivity index (χ0) is 23.2. The number of carbonyl (C=O) groups excluding carboxylic acids is 1. The number of aromatic nitrogens is 4. The van der Waals surface area contributed by atoms with Gasteiger partial charge in [0.1, 0.15) is 0 Å². The minimum atomic E-state index is -0.497. The fraction of sp³-hybridized carbons (Fsp3) is 0.391. The Morgan fingerprint density at radius 3 is 2.42 bits per heavy atom.